The summed E-state index contributed by atoms with van der Waals surface area (Å²) in [4.78, 5) is 15.3. The zero-order valence-corrected chi connectivity index (χ0v) is 7.06. The maximum Gasteiger partial charge on any atom is 0.278 e. The number of hydrogen-bond acceptors (Lipinski definition) is 2. The highest BCUT2D eigenvalue weighted by molar-refractivity contribution is 5.79. The van der Waals surface area contributed by atoms with Crippen molar-refractivity contribution in [3.05, 3.63) is 0 Å². The summed E-state index contributed by atoms with van der Waals surface area (Å²) in [6.45, 7) is 5.33. The van der Waals surface area contributed by atoms with Crippen molar-refractivity contribution in [1.82, 2.24) is 5.48 Å². The molecule has 0 aromatic carbocycles. The Hall–Kier alpha value is -0.640. The highest BCUT2D eigenvalue weighted by Gasteiger charge is 2.20. The van der Waals surface area contributed by atoms with E-state index in [1.807, 2.05) is 5.48 Å². The fourth-order valence-corrected chi connectivity index (χ4v) is 0.502. The first-order chi connectivity index (χ1) is 5.09. The van der Waals surface area contributed by atoms with Gasteiger partial charge in [0.15, 0.2) is 6.17 Å². The molecule has 0 aliphatic heterocycles. The Bertz CT molecular complexity index is 128. The molecule has 0 aliphatic carbocycles. The fourth-order valence-electron chi connectivity index (χ4n) is 0.502. The smallest absolute Gasteiger partial charge is 0.274 e. The van der Waals surface area contributed by atoms with E-state index < -0.39 is 12.1 Å². The lowest BCUT2D eigenvalue weighted by Gasteiger charge is -2.10. The molecule has 11 heavy (non-hydrogen) atoms. The largest absolute Gasteiger partial charge is 0.278 e. The average molecular weight is 163 g/mol. The molecule has 0 fully saturated rings. The Kier molecular flexibility index (Phi) is 4.77. The lowest BCUT2D eigenvalue weighted by Crippen LogP contribution is -2.34. The van der Waals surface area contributed by atoms with Crippen molar-refractivity contribution < 1.29 is 14.0 Å². The molecule has 0 saturated carbocycles. The zero-order chi connectivity index (χ0) is 8.85. The van der Waals surface area contributed by atoms with Crippen molar-refractivity contribution in [2.24, 2.45) is 5.92 Å². The molecule has 4 heteroatoms. The van der Waals surface area contributed by atoms with Gasteiger partial charge in [-0.05, 0) is 12.8 Å². The third kappa shape index (κ3) is 3.93. The van der Waals surface area contributed by atoms with Crippen LogP contribution in [0, 0.1) is 5.92 Å². The van der Waals surface area contributed by atoms with Crippen LogP contribution in [0.2, 0.25) is 0 Å². The fraction of sp³-hybridized carbons (Fsp3) is 0.857. The lowest BCUT2D eigenvalue weighted by molar-refractivity contribution is -0.139. The van der Waals surface area contributed by atoms with Crippen LogP contribution >= 0.6 is 0 Å². The van der Waals surface area contributed by atoms with E-state index in [2.05, 4.69) is 4.84 Å². The van der Waals surface area contributed by atoms with Crippen LogP contribution in [0.25, 0.3) is 0 Å². The van der Waals surface area contributed by atoms with Gasteiger partial charge in [0.25, 0.3) is 5.91 Å². The molecule has 0 aliphatic rings. The monoisotopic (exact) mass is 163 g/mol. The summed E-state index contributed by atoms with van der Waals surface area (Å²) in [6, 6.07) is 0. The van der Waals surface area contributed by atoms with Gasteiger partial charge in [-0.1, -0.05) is 13.8 Å². The van der Waals surface area contributed by atoms with Crippen LogP contribution in [0.5, 0.6) is 0 Å². The number of halogens is 1. The molecule has 0 heterocycles. The molecule has 1 unspecified atom stereocenters. The third-order valence-corrected chi connectivity index (χ3v) is 1.15. The first-order valence-corrected chi connectivity index (χ1v) is 3.65. The molecule has 0 aromatic rings. The topological polar surface area (TPSA) is 38.3 Å². The number of hydroxylamine groups is 1. The minimum absolute atomic E-state index is 0.310. The molecular formula is C7H14FNO2. The molecule has 66 valence electrons. The van der Waals surface area contributed by atoms with Gasteiger partial charge in [-0.3, -0.25) is 9.63 Å². The summed E-state index contributed by atoms with van der Waals surface area (Å²) in [7, 11) is 0. The highest BCUT2D eigenvalue weighted by atomic mass is 19.1. The quantitative estimate of drug-likeness (QED) is 0.629. The summed E-state index contributed by atoms with van der Waals surface area (Å²) in [6.07, 6.45) is -1.48. The SMILES string of the molecule is CCONC(=O)C(F)C(C)C. The number of nitrogens with one attached hydrogen (secondary N) is 1. The molecule has 1 amide bonds. The molecule has 3 nitrogen and oxygen atoms in total. The predicted molar refractivity (Wildman–Crippen MR) is 39.5 cm³/mol. The van der Waals surface area contributed by atoms with Gasteiger partial charge in [0, 0.05) is 0 Å². The number of rotatable bonds is 4. The van der Waals surface area contributed by atoms with E-state index in [0.29, 0.717) is 6.61 Å². The van der Waals surface area contributed by atoms with Gasteiger partial charge >= 0.3 is 0 Å². The van der Waals surface area contributed by atoms with E-state index in [-0.39, 0.29) is 5.92 Å². The summed E-state index contributed by atoms with van der Waals surface area (Å²) in [5.41, 5.74) is 2.00. The second-order valence-corrected chi connectivity index (χ2v) is 2.55. The van der Waals surface area contributed by atoms with Crippen LogP contribution in [0.15, 0.2) is 0 Å². The Morgan fingerprint density at radius 1 is 1.64 bits per heavy atom. The number of alkyl halides is 1. The third-order valence-electron chi connectivity index (χ3n) is 1.15. The number of carbonyl (C=O) groups excluding carboxylic acids is 1. The van der Waals surface area contributed by atoms with Crippen LogP contribution in [-0.2, 0) is 9.63 Å². The van der Waals surface area contributed by atoms with Crippen LogP contribution in [0.3, 0.4) is 0 Å². The molecule has 0 saturated heterocycles. The Morgan fingerprint density at radius 3 is 2.55 bits per heavy atom. The molecule has 0 rings (SSSR count). The standard InChI is InChI=1S/C7H14FNO2/c1-4-11-9-7(10)6(8)5(2)3/h5-6H,4H2,1-3H3,(H,9,10). The van der Waals surface area contributed by atoms with Gasteiger partial charge in [0.2, 0.25) is 0 Å². The molecule has 0 radical (unpaired) electrons. The van der Waals surface area contributed by atoms with Crippen LogP contribution in [-0.4, -0.2) is 18.7 Å². The Morgan fingerprint density at radius 2 is 2.18 bits per heavy atom. The number of carbonyl (C=O) groups is 1. The summed E-state index contributed by atoms with van der Waals surface area (Å²) < 4.78 is 12.8. The van der Waals surface area contributed by atoms with Crippen LogP contribution in [0.1, 0.15) is 20.8 Å². The summed E-state index contributed by atoms with van der Waals surface area (Å²) >= 11 is 0. The Labute approximate surface area is 65.9 Å². The molecule has 0 aromatic heterocycles. The van der Waals surface area contributed by atoms with Crippen molar-refractivity contribution in [3.8, 4) is 0 Å². The maximum absolute atomic E-state index is 12.8. The van der Waals surface area contributed by atoms with E-state index in [1.54, 1.807) is 20.8 Å². The first-order valence-electron chi connectivity index (χ1n) is 3.65. The molecule has 1 N–H and O–H groups in total. The normalized spacial score (nSPS) is 13.2. The first kappa shape index (κ1) is 10.4. The van der Waals surface area contributed by atoms with E-state index >= 15 is 0 Å². The van der Waals surface area contributed by atoms with Gasteiger partial charge in [-0.25, -0.2) is 9.87 Å². The Balaban J connectivity index is 3.64. The lowest BCUT2D eigenvalue weighted by atomic mass is 10.1. The zero-order valence-electron chi connectivity index (χ0n) is 7.06. The van der Waals surface area contributed by atoms with Gasteiger partial charge in [0.05, 0.1) is 6.61 Å². The molecular weight excluding hydrogens is 149 g/mol. The maximum atomic E-state index is 12.8. The van der Waals surface area contributed by atoms with Gasteiger partial charge < -0.3 is 0 Å². The van der Waals surface area contributed by atoms with Crippen molar-refractivity contribution >= 4 is 5.91 Å². The summed E-state index contributed by atoms with van der Waals surface area (Å²) in [5, 5.41) is 0. The van der Waals surface area contributed by atoms with Gasteiger partial charge in [0.1, 0.15) is 0 Å². The number of hydrogen-bond donors (Lipinski definition) is 1. The van der Waals surface area contributed by atoms with E-state index in [1.165, 1.54) is 0 Å². The second kappa shape index (κ2) is 5.07. The average Bonchev–Trinajstić information content (AvgIpc) is 1.98. The minimum Gasteiger partial charge on any atom is -0.274 e. The van der Waals surface area contributed by atoms with Crippen molar-refractivity contribution in [3.63, 3.8) is 0 Å². The minimum atomic E-state index is -1.48. The summed E-state index contributed by atoms with van der Waals surface area (Å²) in [5.74, 6) is -1.02. The van der Waals surface area contributed by atoms with Gasteiger partial charge in [-0.15, -0.1) is 0 Å². The van der Waals surface area contributed by atoms with Crippen LogP contribution in [0.4, 0.5) is 4.39 Å². The van der Waals surface area contributed by atoms with Crippen molar-refractivity contribution in [2.45, 2.75) is 26.9 Å². The van der Waals surface area contributed by atoms with Crippen molar-refractivity contribution in [2.75, 3.05) is 6.61 Å². The van der Waals surface area contributed by atoms with E-state index in [0.717, 1.165) is 0 Å². The highest BCUT2D eigenvalue weighted by Crippen LogP contribution is 2.05. The second-order valence-electron chi connectivity index (χ2n) is 2.55. The molecule has 1 atom stereocenters. The molecule has 0 spiro atoms. The van der Waals surface area contributed by atoms with Crippen LogP contribution < -0.4 is 5.48 Å². The van der Waals surface area contributed by atoms with E-state index in [4.69, 9.17) is 0 Å². The van der Waals surface area contributed by atoms with Gasteiger partial charge in [-0.2, -0.15) is 0 Å². The predicted octanol–water partition coefficient (Wildman–Crippen LogP) is 1.05. The molecule has 0 bridgehead atoms. The van der Waals surface area contributed by atoms with E-state index in [9.17, 15) is 9.18 Å². The number of amides is 1. The van der Waals surface area contributed by atoms with Crippen molar-refractivity contribution in [1.29, 1.82) is 0 Å².